The van der Waals surface area contributed by atoms with Gasteiger partial charge in [-0.25, -0.2) is 9.59 Å². The van der Waals surface area contributed by atoms with Crippen molar-refractivity contribution in [3.8, 4) is 0 Å². The normalized spacial score (nSPS) is 14.3. The van der Waals surface area contributed by atoms with Gasteiger partial charge in [0, 0.05) is 29.8 Å². The number of rotatable bonds is 17. The highest BCUT2D eigenvalue weighted by atomic mass is 16.6. The molecule has 1 aromatic heterocycles. The van der Waals surface area contributed by atoms with Gasteiger partial charge in [-0.15, -0.1) is 0 Å². The van der Waals surface area contributed by atoms with E-state index in [0.29, 0.717) is 23.1 Å². The van der Waals surface area contributed by atoms with Crippen LogP contribution in [0.5, 0.6) is 0 Å². The second kappa shape index (κ2) is 19.4. The molecule has 0 radical (unpaired) electrons. The van der Waals surface area contributed by atoms with Gasteiger partial charge in [0.1, 0.15) is 35.4 Å². The fourth-order valence-electron chi connectivity index (χ4n) is 4.95. The maximum absolute atomic E-state index is 13.5. The number of ether oxygens (including phenoxy) is 1. The molecule has 52 heavy (non-hydrogen) atoms. The molecule has 1 heterocycles. The van der Waals surface area contributed by atoms with Crippen molar-refractivity contribution in [3.63, 3.8) is 0 Å². The molecule has 11 N–H and O–H groups in total. The minimum absolute atomic E-state index is 0.0658. The summed E-state index contributed by atoms with van der Waals surface area (Å²) in [5, 5.41) is 33.3. The number of alkyl carbamates (subject to hydrolysis) is 1. The Balaban J connectivity index is 2.21. The molecule has 0 saturated carbocycles. The highest BCUT2D eigenvalue weighted by Crippen LogP contribution is 2.22. The van der Waals surface area contributed by atoms with E-state index in [9.17, 15) is 39.0 Å². The lowest BCUT2D eigenvalue weighted by Gasteiger charge is -2.27. The summed E-state index contributed by atoms with van der Waals surface area (Å²) in [4.78, 5) is 81.3. The number of hydrogen-bond donors (Lipinski definition) is 9. The van der Waals surface area contributed by atoms with Crippen LogP contribution in [0.3, 0.4) is 0 Å². The van der Waals surface area contributed by atoms with Crippen LogP contribution in [0.1, 0.15) is 66.4 Å². The molecule has 2 rings (SSSR count). The molecule has 288 valence electrons. The second-order valence-corrected chi connectivity index (χ2v) is 13.8. The summed E-state index contributed by atoms with van der Waals surface area (Å²) < 4.78 is 10.5. The predicted octanol–water partition coefficient (Wildman–Crippen LogP) is -0.140. The van der Waals surface area contributed by atoms with Crippen LogP contribution >= 0.6 is 0 Å². The highest BCUT2D eigenvalue weighted by Gasteiger charge is 2.33. The van der Waals surface area contributed by atoms with Crippen molar-refractivity contribution >= 4 is 52.3 Å². The summed E-state index contributed by atoms with van der Waals surface area (Å²) in [5.74, 6) is -3.99. The number of aryl methyl sites for hydroxylation is 1. The zero-order valence-corrected chi connectivity index (χ0v) is 30.6. The van der Waals surface area contributed by atoms with Gasteiger partial charge in [0.05, 0.1) is 12.7 Å². The van der Waals surface area contributed by atoms with Crippen molar-refractivity contribution in [1.29, 1.82) is 0 Å². The van der Waals surface area contributed by atoms with Crippen LogP contribution in [0.4, 0.5) is 10.5 Å². The number of aliphatic hydroxyl groups is 2. The first-order valence-corrected chi connectivity index (χ1v) is 16.8. The molecule has 1 aromatic carbocycles. The van der Waals surface area contributed by atoms with Crippen molar-refractivity contribution in [1.82, 2.24) is 21.3 Å². The number of nitrogens with zero attached hydrogens (tertiary/aromatic N) is 1. The van der Waals surface area contributed by atoms with Gasteiger partial charge in [-0.05, 0) is 77.5 Å². The molecule has 0 aliphatic carbocycles. The van der Waals surface area contributed by atoms with Crippen molar-refractivity contribution < 1.29 is 43.3 Å². The molecule has 18 nitrogen and oxygen atoms in total. The number of hydrogen-bond acceptors (Lipinski definition) is 12. The lowest BCUT2D eigenvalue weighted by Crippen LogP contribution is -2.61. The molecule has 0 spiro atoms. The van der Waals surface area contributed by atoms with E-state index in [2.05, 4.69) is 31.6 Å². The van der Waals surface area contributed by atoms with E-state index >= 15 is 0 Å². The maximum atomic E-state index is 13.5. The Hall–Kier alpha value is -5.23. The molecule has 0 aliphatic heterocycles. The van der Waals surface area contributed by atoms with E-state index in [-0.39, 0.29) is 36.8 Å². The third-order valence-electron chi connectivity index (χ3n) is 7.39. The van der Waals surface area contributed by atoms with E-state index in [0.717, 1.165) is 0 Å². The molecule has 5 unspecified atom stereocenters. The first kappa shape index (κ1) is 42.9. The number of nitrogens with one attached hydrogen (secondary N) is 5. The Morgan fingerprint density at radius 2 is 1.58 bits per heavy atom. The summed E-state index contributed by atoms with van der Waals surface area (Å²) in [7, 11) is 0. The van der Waals surface area contributed by atoms with E-state index in [4.69, 9.17) is 20.6 Å². The second-order valence-electron chi connectivity index (χ2n) is 13.8. The van der Waals surface area contributed by atoms with Gasteiger partial charge in [-0.3, -0.25) is 29.5 Å². The standard InChI is InChI=1S/C34H52N8O10/c1-17(2)13-23(40-33(50)52-34(5,6)7)29(47)39-24(16-43)30(48)41-27(19(4)44)31(49)42-28(46)22(9-8-12-37-32(35)36)38-20-10-11-21-18(3)14-26(45)51-25(21)15-20/h10-11,14-15,17,19,22-24,27,38,43-44H,8-9,12-13,16H2,1-7H3,(H,39,47)(H,40,50)(H,41,48)(H4,35,36,37)(H,42,46,49). The molecule has 0 saturated heterocycles. The van der Waals surface area contributed by atoms with Gasteiger partial charge in [-0.2, -0.15) is 0 Å². The number of carbonyl (C=O) groups excluding carboxylic acids is 5. The van der Waals surface area contributed by atoms with Crippen LogP contribution < -0.4 is 43.7 Å². The highest BCUT2D eigenvalue weighted by molar-refractivity contribution is 6.03. The zero-order valence-electron chi connectivity index (χ0n) is 30.6. The summed E-state index contributed by atoms with van der Waals surface area (Å²) in [6.07, 6.45) is -1.81. The summed E-state index contributed by atoms with van der Waals surface area (Å²) in [5.41, 5.74) is 10.8. The minimum Gasteiger partial charge on any atom is -0.444 e. The van der Waals surface area contributed by atoms with Crippen LogP contribution in [-0.4, -0.2) is 94.9 Å². The van der Waals surface area contributed by atoms with E-state index < -0.39 is 77.8 Å². The SMILES string of the molecule is Cc1cc(=O)oc2cc(NC(CCCN=C(N)N)C(=O)NC(=O)C(NC(=O)C(CO)NC(=O)C(CC(C)C)NC(=O)OC(C)(C)C)C(C)O)ccc12. The number of aliphatic hydroxyl groups excluding tert-OH is 2. The largest absolute Gasteiger partial charge is 0.444 e. The zero-order chi connectivity index (χ0) is 39.3. The molecular weight excluding hydrogens is 680 g/mol. The van der Waals surface area contributed by atoms with E-state index in [1.165, 1.54) is 19.1 Å². The van der Waals surface area contributed by atoms with E-state index in [1.54, 1.807) is 39.8 Å². The smallest absolute Gasteiger partial charge is 0.408 e. The number of benzene rings is 1. The molecular formula is C34H52N8O10. The topological polar surface area (TPSA) is 290 Å². The number of guanidine groups is 1. The summed E-state index contributed by atoms with van der Waals surface area (Å²) in [6, 6.07) is 0.722. The molecule has 2 aromatic rings. The van der Waals surface area contributed by atoms with Crippen molar-refractivity contribution in [2.24, 2.45) is 22.4 Å². The van der Waals surface area contributed by atoms with Gasteiger partial charge < -0.3 is 52.1 Å². The van der Waals surface area contributed by atoms with Gasteiger partial charge in [0.2, 0.25) is 17.7 Å². The number of carbonyl (C=O) groups is 5. The molecule has 5 amide bonds. The monoisotopic (exact) mass is 732 g/mol. The lowest BCUT2D eigenvalue weighted by molar-refractivity contribution is -0.137. The number of anilines is 1. The van der Waals surface area contributed by atoms with Crippen LogP contribution in [0, 0.1) is 12.8 Å². The fraction of sp³-hybridized carbons (Fsp3) is 0.559. The molecule has 5 atom stereocenters. The number of amides is 5. The molecule has 0 bridgehead atoms. The van der Waals surface area contributed by atoms with Crippen LogP contribution in [0.25, 0.3) is 11.0 Å². The average molecular weight is 733 g/mol. The minimum atomic E-state index is -1.70. The number of nitrogens with two attached hydrogens (primary N) is 2. The Bertz CT molecular complexity index is 1660. The third-order valence-corrected chi connectivity index (χ3v) is 7.39. The van der Waals surface area contributed by atoms with Gasteiger partial charge in [-0.1, -0.05) is 13.8 Å². The fourth-order valence-corrected chi connectivity index (χ4v) is 4.95. The van der Waals surface area contributed by atoms with Crippen LogP contribution in [-0.2, 0) is 23.9 Å². The summed E-state index contributed by atoms with van der Waals surface area (Å²) in [6.45, 7) is 10.8. The Kier molecular flexibility index (Phi) is 16.0. The van der Waals surface area contributed by atoms with Gasteiger partial charge >= 0.3 is 11.7 Å². The Labute approximate surface area is 301 Å². The molecule has 18 heteroatoms. The number of aliphatic imine (C=N–C) groups is 1. The van der Waals surface area contributed by atoms with Gasteiger partial charge in [0.25, 0.3) is 5.91 Å². The maximum Gasteiger partial charge on any atom is 0.408 e. The van der Waals surface area contributed by atoms with Crippen molar-refractivity contribution in [2.75, 3.05) is 18.5 Å². The van der Waals surface area contributed by atoms with Crippen LogP contribution in [0.2, 0.25) is 0 Å². The molecule has 0 aliphatic rings. The van der Waals surface area contributed by atoms with Crippen molar-refractivity contribution in [2.45, 2.75) is 104 Å². The van der Waals surface area contributed by atoms with Crippen LogP contribution in [0.15, 0.2) is 38.5 Å². The first-order chi connectivity index (χ1) is 24.2. The predicted molar refractivity (Wildman–Crippen MR) is 193 cm³/mol. The Morgan fingerprint density at radius 1 is 0.923 bits per heavy atom. The lowest BCUT2D eigenvalue weighted by atomic mass is 10.0. The number of fused-ring (bicyclic) bond motifs is 1. The third kappa shape index (κ3) is 14.2. The Morgan fingerprint density at radius 3 is 2.15 bits per heavy atom. The average Bonchev–Trinajstić information content (AvgIpc) is 3.01. The van der Waals surface area contributed by atoms with Crippen molar-refractivity contribution in [3.05, 3.63) is 40.2 Å². The molecule has 0 fully saturated rings. The number of imide groups is 1. The summed E-state index contributed by atoms with van der Waals surface area (Å²) >= 11 is 0. The van der Waals surface area contributed by atoms with Gasteiger partial charge in [0.15, 0.2) is 5.96 Å². The van der Waals surface area contributed by atoms with E-state index in [1.807, 2.05) is 13.8 Å². The first-order valence-electron chi connectivity index (χ1n) is 16.8. The quantitative estimate of drug-likeness (QED) is 0.0444.